The second-order valence-corrected chi connectivity index (χ2v) is 7.05. The highest BCUT2D eigenvalue weighted by Crippen LogP contribution is 2.23. The fraction of sp³-hybridized carbons (Fsp3) is 0.391. The third kappa shape index (κ3) is 7.38. The van der Waals surface area contributed by atoms with Gasteiger partial charge in [0.2, 0.25) is 0 Å². The molecule has 0 amide bonds. The van der Waals surface area contributed by atoms with E-state index in [9.17, 15) is 0 Å². The molecule has 1 aliphatic rings. The first-order valence-electron chi connectivity index (χ1n) is 10.1. The fourth-order valence-electron chi connectivity index (χ4n) is 3.47. The van der Waals surface area contributed by atoms with Gasteiger partial charge in [0.25, 0.3) is 0 Å². The first-order chi connectivity index (χ1) is 14.7. The van der Waals surface area contributed by atoms with E-state index in [1.165, 1.54) is 5.56 Å². The van der Waals surface area contributed by atoms with Gasteiger partial charge in [-0.1, -0.05) is 24.3 Å². The number of morpholine rings is 1. The van der Waals surface area contributed by atoms with Crippen molar-refractivity contribution in [2.24, 2.45) is 4.99 Å². The van der Waals surface area contributed by atoms with E-state index in [2.05, 4.69) is 38.7 Å². The van der Waals surface area contributed by atoms with Crippen molar-refractivity contribution in [1.29, 1.82) is 5.26 Å². The van der Waals surface area contributed by atoms with Gasteiger partial charge in [-0.25, -0.2) is 0 Å². The van der Waals surface area contributed by atoms with E-state index in [-0.39, 0.29) is 30.0 Å². The summed E-state index contributed by atoms with van der Waals surface area (Å²) < 4.78 is 10.8. The van der Waals surface area contributed by atoms with Crippen molar-refractivity contribution in [3.8, 4) is 11.8 Å². The number of ether oxygens (including phenoxy) is 2. The van der Waals surface area contributed by atoms with E-state index < -0.39 is 0 Å². The molecule has 7 nitrogen and oxygen atoms in total. The molecule has 2 aromatic carbocycles. The molecule has 0 saturated carbocycles. The van der Waals surface area contributed by atoms with Gasteiger partial charge in [0, 0.05) is 33.2 Å². The summed E-state index contributed by atoms with van der Waals surface area (Å²) in [6, 6.07) is 18.1. The van der Waals surface area contributed by atoms with Crippen molar-refractivity contribution in [3.63, 3.8) is 0 Å². The van der Waals surface area contributed by atoms with E-state index in [1.807, 2.05) is 36.4 Å². The molecule has 166 valence electrons. The highest BCUT2D eigenvalue weighted by Gasteiger charge is 2.23. The molecule has 2 aromatic rings. The Morgan fingerprint density at radius 2 is 1.81 bits per heavy atom. The first-order valence-corrected chi connectivity index (χ1v) is 10.1. The van der Waals surface area contributed by atoms with Crippen molar-refractivity contribution in [2.75, 3.05) is 47.0 Å². The summed E-state index contributed by atoms with van der Waals surface area (Å²) in [6.45, 7) is 4.65. The van der Waals surface area contributed by atoms with E-state index in [0.29, 0.717) is 12.1 Å². The largest absolute Gasteiger partial charge is 0.497 e. The third-order valence-electron chi connectivity index (χ3n) is 5.22. The lowest BCUT2D eigenvalue weighted by molar-refractivity contribution is 0.0170. The average Bonchev–Trinajstić information content (AvgIpc) is 2.82. The van der Waals surface area contributed by atoms with Crippen LogP contribution in [0.4, 0.5) is 0 Å². The maximum absolute atomic E-state index is 8.92. The smallest absolute Gasteiger partial charge is 0.191 e. The van der Waals surface area contributed by atoms with Gasteiger partial charge < -0.3 is 20.1 Å². The minimum atomic E-state index is 0. The van der Waals surface area contributed by atoms with Gasteiger partial charge in [-0.05, 0) is 35.4 Å². The Labute approximate surface area is 201 Å². The second kappa shape index (κ2) is 13.1. The van der Waals surface area contributed by atoms with Crippen LogP contribution in [0.5, 0.6) is 5.75 Å². The summed E-state index contributed by atoms with van der Waals surface area (Å²) in [4.78, 5) is 6.79. The summed E-state index contributed by atoms with van der Waals surface area (Å²) >= 11 is 0. The topological polar surface area (TPSA) is 81.9 Å². The minimum Gasteiger partial charge on any atom is -0.497 e. The predicted molar refractivity (Wildman–Crippen MR) is 133 cm³/mol. The molecule has 0 radical (unpaired) electrons. The molecular formula is C23H30IN5O2. The van der Waals surface area contributed by atoms with Crippen molar-refractivity contribution in [2.45, 2.75) is 12.6 Å². The number of benzene rings is 2. The van der Waals surface area contributed by atoms with Crippen molar-refractivity contribution >= 4 is 29.9 Å². The van der Waals surface area contributed by atoms with Crippen LogP contribution in [-0.4, -0.2) is 57.9 Å². The van der Waals surface area contributed by atoms with E-state index in [0.717, 1.165) is 50.1 Å². The van der Waals surface area contributed by atoms with Crippen LogP contribution in [0.25, 0.3) is 0 Å². The number of halogens is 1. The van der Waals surface area contributed by atoms with E-state index in [1.54, 1.807) is 14.2 Å². The third-order valence-corrected chi connectivity index (χ3v) is 5.22. The average molecular weight is 535 g/mol. The normalized spacial score (nSPS) is 15.3. The molecule has 31 heavy (non-hydrogen) atoms. The summed E-state index contributed by atoms with van der Waals surface area (Å²) in [5, 5.41) is 15.7. The maximum Gasteiger partial charge on any atom is 0.191 e. The Morgan fingerprint density at radius 1 is 1.13 bits per heavy atom. The van der Waals surface area contributed by atoms with Gasteiger partial charge in [-0.15, -0.1) is 24.0 Å². The molecular weight excluding hydrogens is 505 g/mol. The molecule has 1 heterocycles. The second-order valence-electron chi connectivity index (χ2n) is 7.05. The number of guanidine groups is 1. The van der Waals surface area contributed by atoms with Gasteiger partial charge in [0.15, 0.2) is 5.96 Å². The molecule has 1 fully saturated rings. The number of nitriles is 1. The quantitative estimate of drug-likeness (QED) is 0.323. The van der Waals surface area contributed by atoms with E-state index >= 15 is 0 Å². The Morgan fingerprint density at radius 3 is 2.39 bits per heavy atom. The number of hydrogen-bond acceptors (Lipinski definition) is 5. The molecule has 0 aromatic heterocycles. The van der Waals surface area contributed by atoms with Crippen LogP contribution in [0.1, 0.15) is 22.7 Å². The van der Waals surface area contributed by atoms with Crippen LogP contribution in [0.3, 0.4) is 0 Å². The zero-order chi connectivity index (χ0) is 21.2. The monoisotopic (exact) mass is 535 g/mol. The summed E-state index contributed by atoms with van der Waals surface area (Å²) in [5.41, 5.74) is 2.98. The highest BCUT2D eigenvalue weighted by atomic mass is 127. The highest BCUT2D eigenvalue weighted by molar-refractivity contribution is 14.0. The molecule has 2 N–H and O–H groups in total. The molecule has 3 rings (SSSR count). The molecule has 1 atom stereocenters. The lowest BCUT2D eigenvalue weighted by Gasteiger charge is -2.35. The standard InChI is InChI=1S/C23H29N5O2.HI/c1-25-23(26-16-19-5-3-18(15-24)4-6-19)27-17-22(28-11-13-30-14-12-28)20-7-9-21(29-2)10-8-20;/h3-10,22H,11-14,16-17H2,1-2H3,(H2,25,26,27);1H. The van der Waals surface area contributed by atoms with Crippen LogP contribution >= 0.6 is 24.0 Å². The van der Waals surface area contributed by atoms with Crippen molar-refractivity contribution < 1.29 is 9.47 Å². The molecule has 0 spiro atoms. The Bertz CT molecular complexity index is 859. The van der Waals surface area contributed by atoms with Crippen LogP contribution in [0.2, 0.25) is 0 Å². The van der Waals surface area contributed by atoms with Crippen molar-refractivity contribution in [1.82, 2.24) is 15.5 Å². The minimum absolute atomic E-state index is 0. The van der Waals surface area contributed by atoms with Gasteiger partial charge in [-0.2, -0.15) is 5.26 Å². The lowest BCUT2D eigenvalue weighted by atomic mass is 10.0. The summed E-state index contributed by atoms with van der Waals surface area (Å²) in [7, 11) is 3.45. The number of nitrogens with one attached hydrogen (secondary N) is 2. The SMILES string of the molecule is CN=C(NCc1ccc(C#N)cc1)NCC(c1ccc(OC)cc1)N1CCOCC1.I. The van der Waals surface area contributed by atoms with Crippen LogP contribution in [0, 0.1) is 11.3 Å². The Balaban J connectivity index is 0.00000341. The predicted octanol–water partition coefficient (Wildman–Crippen LogP) is 2.92. The van der Waals surface area contributed by atoms with Gasteiger partial charge in [-0.3, -0.25) is 9.89 Å². The zero-order valence-electron chi connectivity index (χ0n) is 18.0. The van der Waals surface area contributed by atoms with Crippen LogP contribution in [0.15, 0.2) is 53.5 Å². The number of aliphatic imine (C=N–C) groups is 1. The molecule has 0 aliphatic carbocycles. The molecule has 1 unspecified atom stereocenters. The maximum atomic E-state index is 8.92. The summed E-state index contributed by atoms with van der Waals surface area (Å²) in [6.07, 6.45) is 0. The number of methoxy groups -OCH3 is 1. The van der Waals surface area contributed by atoms with Gasteiger partial charge in [0.1, 0.15) is 5.75 Å². The Hall–Kier alpha value is -2.35. The zero-order valence-corrected chi connectivity index (χ0v) is 20.3. The summed E-state index contributed by atoms with van der Waals surface area (Å²) in [5.74, 6) is 1.60. The van der Waals surface area contributed by atoms with Crippen LogP contribution in [-0.2, 0) is 11.3 Å². The van der Waals surface area contributed by atoms with Gasteiger partial charge in [0.05, 0.1) is 38.0 Å². The first kappa shape index (κ1) is 24.9. The van der Waals surface area contributed by atoms with Gasteiger partial charge >= 0.3 is 0 Å². The molecule has 0 bridgehead atoms. The fourth-order valence-corrected chi connectivity index (χ4v) is 3.47. The molecule has 8 heteroatoms. The van der Waals surface area contributed by atoms with Crippen molar-refractivity contribution in [3.05, 3.63) is 65.2 Å². The lowest BCUT2D eigenvalue weighted by Crippen LogP contribution is -2.46. The number of hydrogen-bond donors (Lipinski definition) is 2. The Kier molecular flexibility index (Phi) is 10.6. The van der Waals surface area contributed by atoms with E-state index in [4.69, 9.17) is 14.7 Å². The molecule has 1 aliphatic heterocycles. The molecule has 1 saturated heterocycles. The number of rotatable bonds is 7. The van der Waals surface area contributed by atoms with Crippen LogP contribution < -0.4 is 15.4 Å². The number of nitrogens with zero attached hydrogens (tertiary/aromatic N) is 3.